The highest BCUT2D eigenvalue weighted by molar-refractivity contribution is 5.94. The third-order valence-electron chi connectivity index (χ3n) is 2.40. The molecule has 1 saturated heterocycles. The average molecular weight is 222 g/mol. The normalized spacial score (nSPS) is 19.6. The molecule has 0 radical (unpaired) electrons. The van der Waals surface area contributed by atoms with E-state index < -0.39 is 0 Å². The number of nitrogen functional groups attached to an aromatic ring is 1. The van der Waals surface area contributed by atoms with Crippen LogP contribution in [-0.4, -0.2) is 35.6 Å². The standard InChI is InChI=1S/C10H14N4O2/c11-9(12)8-10(14-3-2-13-8)16-6-7-1-4-15-5-7/h2-3,7H,1,4-6H2,(H3,11,12). The molecule has 0 saturated carbocycles. The van der Waals surface area contributed by atoms with E-state index >= 15 is 0 Å². The van der Waals surface area contributed by atoms with Gasteiger partial charge in [0, 0.05) is 24.9 Å². The maximum absolute atomic E-state index is 7.33. The van der Waals surface area contributed by atoms with Gasteiger partial charge in [0.15, 0.2) is 5.69 Å². The van der Waals surface area contributed by atoms with E-state index in [1.54, 1.807) is 0 Å². The number of nitrogens with one attached hydrogen (secondary N) is 1. The van der Waals surface area contributed by atoms with E-state index in [4.69, 9.17) is 20.6 Å². The first-order valence-corrected chi connectivity index (χ1v) is 5.13. The Morgan fingerprint density at radius 2 is 2.38 bits per heavy atom. The van der Waals surface area contributed by atoms with Crippen molar-refractivity contribution in [2.45, 2.75) is 6.42 Å². The van der Waals surface area contributed by atoms with Crippen molar-refractivity contribution in [2.75, 3.05) is 19.8 Å². The quantitative estimate of drug-likeness (QED) is 0.559. The predicted octanol–water partition coefficient (Wildman–Crippen LogP) is 0.176. The van der Waals surface area contributed by atoms with E-state index in [1.165, 1.54) is 12.4 Å². The summed E-state index contributed by atoms with van der Waals surface area (Å²) in [5.41, 5.74) is 5.67. The van der Waals surface area contributed by atoms with Gasteiger partial charge in [-0.2, -0.15) is 0 Å². The Kier molecular flexibility index (Phi) is 3.31. The van der Waals surface area contributed by atoms with Crippen LogP contribution in [0.2, 0.25) is 0 Å². The summed E-state index contributed by atoms with van der Waals surface area (Å²) in [6, 6.07) is 0. The van der Waals surface area contributed by atoms with Crippen molar-refractivity contribution in [3.8, 4) is 5.88 Å². The van der Waals surface area contributed by atoms with Gasteiger partial charge in [-0.3, -0.25) is 5.41 Å². The van der Waals surface area contributed by atoms with Crippen molar-refractivity contribution >= 4 is 5.84 Å². The average Bonchev–Trinajstić information content (AvgIpc) is 2.79. The number of hydrogen-bond donors (Lipinski definition) is 2. The molecule has 0 spiro atoms. The second-order valence-corrected chi connectivity index (χ2v) is 3.66. The molecular formula is C10H14N4O2. The van der Waals surface area contributed by atoms with Crippen molar-refractivity contribution in [3.05, 3.63) is 18.1 Å². The molecule has 0 aromatic carbocycles. The van der Waals surface area contributed by atoms with Gasteiger partial charge in [0.1, 0.15) is 5.84 Å². The van der Waals surface area contributed by atoms with Crippen molar-refractivity contribution < 1.29 is 9.47 Å². The summed E-state index contributed by atoms with van der Waals surface area (Å²) in [5.74, 6) is 0.578. The summed E-state index contributed by atoms with van der Waals surface area (Å²) in [4.78, 5) is 7.97. The molecule has 1 aromatic rings. The lowest BCUT2D eigenvalue weighted by molar-refractivity contribution is 0.165. The van der Waals surface area contributed by atoms with Crippen molar-refractivity contribution in [3.63, 3.8) is 0 Å². The number of amidine groups is 1. The van der Waals surface area contributed by atoms with Crippen molar-refractivity contribution in [1.82, 2.24) is 9.97 Å². The lowest BCUT2D eigenvalue weighted by atomic mass is 10.1. The first kappa shape index (κ1) is 10.8. The van der Waals surface area contributed by atoms with Crippen LogP contribution in [0.3, 0.4) is 0 Å². The van der Waals surface area contributed by atoms with Gasteiger partial charge in [-0.15, -0.1) is 0 Å². The molecule has 1 aliphatic rings. The fraction of sp³-hybridized carbons (Fsp3) is 0.500. The van der Waals surface area contributed by atoms with Crippen LogP contribution in [0.4, 0.5) is 0 Å². The molecule has 0 aliphatic carbocycles. The van der Waals surface area contributed by atoms with Crippen molar-refractivity contribution in [1.29, 1.82) is 5.41 Å². The zero-order chi connectivity index (χ0) is 11.4. The molecule has 0 bridgehead atoms. The summed E-state index contributed by atoms with van der Waals surface area (Å²) >= 11 is 0. The van der Waals surface area contributed by atoms with Crippen molar-refractivity contribution in [2.24, 2.45) is 11.7 Å². The second kappa shape index (κ2) is 4.89. The number of rotatable bonds is 4. The smallest absolute Gasteiger partial charge is 0.243 e. The van der Waals surface area contributed by atoms with Gasteiger partial charge < -0.3 is 15.2 Å². The van der Waals surface area contributed by atoms with Crippen LogP contribution >= 0.6 is 0 Å². The van der Waals surface area contributed by atoms with E-state index in [1.807, 2.05) is 0 Å². The van der Waals surface area contributed by atoms with Gasteiger partial charge in [-0.1, -0.05) is 0 Å². The molecule has 16 heavy (non-hydrogen) atoms. The Bertz CT molecular complexity index is 377. The zero-order valence-electron chi connectivity index (χ0n) is 8.85. The highest BCUT2D eigenvalue weighted by Crippen LogP contribution is 2.16. The Labute approximate surface area is 93.3 Å². The van der Waals surface area contributed by atoms with Gasteiger partial charge in [-0.25, -0.2) is 9.97 Å². The minimum atomic E-state index is -0.134. The summed E-state index contributed by atoms with van der Waals surface area (Å²) in [7, 11) is 0. The molecule has 3 N–H and O–H groups in total. The number of aromatic nitrogens is 2. The van der Waals surface area contributed by atoms with E-state index in [0.29, 0.717) is 24.1 Å². The zero-order valence-corrected chi connectivity index (χ0v) is 8.85. The minimum Gasteiger partial charge on any atom is -0.476 e. The van der Waals surface area contributed by atoms with Crippen LogP contribution in [0.25, 0.3) is 0 Å². The highest BCUT2D eigenvalue weighted by atomic mass is 16.5. The van der Waals surface area contributed by atoms with Crippen LogP contribution in [0, 0.1) is 11.3 Å². The predicted molar refractivity (Wildman–Crippen MR) is 57.5 cm³/mol. The highest BCUT2D eigenvalue weighted by Gasteiger charge is 2.18. The summed E-state index contributed by atoms with van der Waals surface area (Å²) in [6.45, 7) is 2.03. The minimum absolute atomic E-state index is 0.134. The van der Waals surface area contributed by atoms with Gasteiger partial charge in [0.2, 0.25) is 5.88 Å². The molecule has 6 heteroatoms. The third-order valence-corrected chi connectivity index (χ3v) is 2.40. The van der Waals surface area contributed by atoms with Crippen LogP contribution < -0.4 is 10.5 Å². The van der Waals surface area contributed by atoms with E-state index in [2.05, 4.69) is 9.97 Å². The van der Waals surface area contributed by atoms with Crippen LogP contribution in [0.15, 0.2) is 12.4 Å². The second-order valence-electron chi connectivity index (χ2n) is 3.66. The maximum atomic E-state index is 7.33. The summed E-state index contributed by atoms with van der Waals surface area (Å²) in [5, 5.41) is 7.33. The van der Waals surface area contributed by atoms with Crippen LogP contribution in [0.5, 0.6) is 5.88 Å². The molecule has 1 unspecified atom stereocenters. The fourth-order valence-electron chi connectivity index (χ4n) is 1.53. The van der Waals surface area contributed by atoms with Gasteiger partial charge in [-0.05, 0) is 6.42 Å². The van der Waals surface area contributed by atoms with Crippen LogP contribution in [0.1, 0.15) is 12.1 Å². The molecular weight excluding hydrogens is 208 g/mol. The van der Waals surface area contributed by atoms with E-state index in [9.17, 15) is 0 Å². The molecule has 0 amide bonds. The lowest BCUT2D eigenvalue weighted by Gasteiger charge is -2.11. The van der Waals surface area contributed by atoms with Gasteiger partial charge >= 0.3 is 0 Å². The summed E-state index contributed by atoms with van der Waals surface area (Å²) in [6.07, 6.45) is 4.00. The van der Waals surface area contributed by atoms with Gasteiger partial charge in [0.25, 0.3) is 0 Å². The number of hydrogen-bond acceptors (Lipinski definition) is 5. The molecule has 1 fully saturated rings. The largest absolute Gasteiger partial charge is 0.476 e. The Morgan fingerprint density at radius 3 is 3.06 bits per heavy atom. The van der Waals surface area contributed by atoms with Crippen LogP contribution in [-0.2, 0) is 4.74 Å². The molecule has 2 rings (SSSR count). The molecule has 1 aromatic heterocycles. The molecule has 1 atom stereocenters. The fourth-order valence-corrected chi connectivity index (χ4v) is 1.53. The SMILES string of the molecule is N=C(N)c1nccnc1OCC1CCOC1. The van der Waals surface area contributed by atoms with E-state index in [-0.39, 0.29) is 5.84 Å². The molecule has 2 heterocycles. The van der Waals surface area contributed by atoms with Gasteiger partial charge in [0.05, 0.1) is 13.2 Å². The third kappa shape index (κ3) is 2.46. The lowest BCUT2D eigenvalue weighted by Crippen LogP contribution is -2.18. The number of nitrogens with zero attached hydrogens (tertiary/aromatic N) is 2. The Morgan fingerprint density at radius 1 is 1.56 bits per heavy atom. The number of ether oxygens (including phenoxy) is 2. The first-order chi connectivity index (χ1) is 7.77. The van der Waals surface area contributed by atoms with E-state index in [0.717, 1.165) is 19.6 Å². The Hall–Kier alpha value is -1.69. The maximum Gasteiger partial charge on any atom is 0.243 e. The number of nitrogens with two attached hydrogens (primary N) is 1. The molecule has 6 nitrogen and oxygen atoms in total. The molecule has 1 aliphatic heterocycles. The monoisotopic (exact) mass is 222 g/mol. The summed E-state index contributed by atoms with van der Waals surface area (Å²) < 4.78 is 10.7. The Balaban J connectivity index is 2.00. The molecule has 86 valence electrons. The topological polar surface area (TPSA) is 94.1 Å². The first-order valence-electron chi connectivity index (χ1n) is 5.13.